The van der Waals surface area contributed by atoms with Gasteiger partial charge in [-0.25, -0.2) is 8.78 Å². The summed E-state index contributed by atoms with van der Waals surface area (Å²) in [5.41, 5.74) is 1.61. The van der Waals surface area contributed by atoms with Gasteiger partial charge in [-0.05, 0) is 41.1 Å². The molecule has 0 radical (unpaired) electrons. The molecular weight excluding hydrogens is 400 g/mol. The van der Waals surface area contributed by atoms with E-state index >= 15 is 0 Å². The van der Waals surface area contributed by atoms with E-state index in [9.17, 15) is 13.6 Å². The van der Waals surface area contributed by atoms with Gasteiger partial charge in [-0.15, -0.1) is 0 Å². The first-order valence-electron chi connectivity index (χ1n) is 10.0. The lowest BCUT2D eigenvalue weighted by Crippen LogP contribution is -2.48. The third kappa shape index (κ3) is 3.74. The molecule has 4 aromatic rings. The normalized spacial score (nSPS) is 14.3. The van der Waals surface area contributed by atoms with Gasteiger partial charge in [0.15, 0.2) is 23.1 Å². The zero-order valence-corrected chi connectivity index (χ0v) is 16.6. The van der Waals surface area contributed by atoms with Crippen LogP contribution in [0, 0.1) is 11.6 Å². The van der Waals surface area contributed by atoms with Crippen LogP contribution in [-0.2, 0) is 0 Å². The Morgan fingerprint density at radius 1 is 0.839 bits per heavy atom. The van der Waals surface area contributed by atoms with Crippen molar-refractivity contribution >= 4 is 22.4 Å². The molecule has 1 aliphatic rings. The molecule has 7 heteroatoms. The van der Waals surface area contributed by atoms with Crippen molar-refractivity contribution in [2.45, 2.75) is 0 Å². The topological polar surface area (TPSA) is 49.6 Å². The fraction of sp³-hybridized carbons (Fsp3) is 0.167. The monoisotopic (exact) mass is 419 g/mol. The lowest BCUT2D eigenvalue weighted by Gasteiger charge is -2.35. The summed E-state index contributed by atoms with van der Waals surface area (Å²) < 4.78 is 31.8. The Kier molecular flexibility index (Phi) is 4.86. The highest BCUT2D eigenvalue weighted by Gasteiger charge is 2.25. The van der Waals surface area contributed by atoms with E-state index < -0.39 is 11.6 Å². The molecule has 5 nitrogen and oxygen atoms in total. The number of hydrogen-bond acceptors (Lipinski definition) is 4. The number of halogens is 2. The first kappa shape index (κ1) is 19.2. The smallest absolute Gasteiger partial charge is 0.276 e. The van der Waals surface area contributed by atoms with Crippen molar-refractivity contribution in [1.82, 2.24) is 10.1 Å². The maximum atomic E-state index is 13.5. The van der Waals surface area contributed by atoms with Gasteiger partial charge in [-0.2, -0.15) is 0 Å². The highest BCUT2D eigenvalue weighted by molar-refractivity contribution is 5.93. The number of fused-ring (bicyclic) bond motifs is 1. The van der Waals surface area contributed by atoms with Crippen molar-refractivity contribution in [2.75, 3.05) is 31.1 Å². The minimum atomic E-state index is -0.980. The summed E-state index contributed by atoms with van der Waals surface area (Å²) in [4.78, 5) is 16.8. The van der Waals surface area contributed by atoms with E-state index in [1.165, 1.54) is 22.9 Å². The van der Waals surface area contributed by atoms with Gasteiger partial charge in [0.05, 0.1) is 0 Å². The van der Waals surface area contributed by atoms with Crippen LogP contribution in [0.1, 0.15) is 10.5 Å². The van der Waals surface area contributed by atoms with Crippen LogP contribution in [0.25, 0.3) is 22.1 Å². The molecule has 0 bridgehead atoms. The molecular formula is C24H19F2N3O2. The second kappa shape index (κ2) is 7.83. The third-order valence-corrected chi connectivity index (χ3v) is 5.60. The van der Waals surface area contributed by atoms with Crippen LogP contribution < -0.4 is 4.90 Å². The summed E-state index contributed by atoms with van der Waals surface area (Å²) in [5.74, 6) is -1.94. The number of carbonyl (C=O) groups excluding carboxylic acids is 1. The summed E-state index contributed by atoms with van der Waals surface area (Å²) in [6.45, 7) is 2.52. The second-order valence-corrected chi connectivity index (χ2v) is 7.52. The molecule has 0 aliphatic carbocycles. The summed E-state index contributed by atoms with van der Waals surface area (Å²) in [5, 5.41) is 6.22. The van der Waals surface area contributed by atoms with Crippen LogP contribution >= 0.6 is 0 Å². The van der Waals surface area contributed by atoms with E-state index in [1.54, 1.807) is 4.90 Å². The SMILES string of the molecule is O=C(c1cc(-c2ccc(F)c(F)c2)on1)N1CCN(c2ccc3ccccc3c2)CC1. The van der Waals surface area contributed by atoms with Crippen molar-refractivity contribution in [2.24, 2.45) is 0 Å². The predicted molar refractivity (Wildman–Crippen MR) is 114 cm³/mol. The van der Waals surface area contributed by atoms with Gasteiger partial charge in [-0.1, -0.05) is 35.5 Å². The largest absolute Gasteiger partial charge is 0.368 e. The molecule has 1 aliphatic heterocycles. The molecule has 2 heterocycles. The molecule has 31 heavy (non-hydrogen) atoms. The number of aromatic nitrogens is 1. The first-order valence-corrected chi connectivity index (χ1v) is 10.0. The van der Waals surface area contributed by atoms with Crippen LogP contribution in [0.2, 0.25) is 0 Å². The first-order chi connectivity index (χ1) is 15.1. The molecule has 5 rings (SSSR count). The molecule has 0 atom stereocenters. The lowest BCUT2D eigenvalue weighted by molar-refractivity contribution is 0.0736. The summed E-state index contributed by atoms with van der Waals surface area (Å²) in [7, 11) is 0. The molecule has 1 fully saturated rings. The van der Waals surface area contributed by atoms with Crippen molar-refractivity contribution < 1.29 is 18.1 Å². The maximum Gasteiger partial charge on any atom is 0.276 e. The van der Waals surface area contributed by atoms with Crippen LogP contribution in [0.3, 0.4) is 0 Å². The highest BCUT2D eigenvalue weighted by Crippen LogP contribution is 2.25. The molecule has 0 N–H and O–H groups in total. The van der Waals surface area contributed by atoms with E-state index in [4.69, 9.17) is 4.52 Å². The molecule has 0 unspecified atom stereocenters. The predicted octanol–water partition coefficient (Wildman–Crippen LogP) is 4.74. The summed E-state index contributed by atoms with van der Waals surface area (Å²) in [6, 6.07) is 19.5. The van der Waals surface area contributed by atoms with E-state index in [0.717, 1.165) is 17.8 Å². The number of nitrogens with zero attached hydrogens (tertiary/aromatic N) is 3. The van der Waals surface area contributed by atoms with Crippen molar-refractivity contribution in [1.29, 1.82) is 0 Å². The van der Waals surface area contributed by atoms with Gasteiger partial charge in [0.25, 0.3) is 5.91 Å². The average molecular weight is 419 g/mol. The number of carbonyl (C=O) groups is 1. The minimum Gasteiger partial charge on any atom is -0.368 e. The van der Waals surface area contributed by atoms with E-state index in [2.05, 4.69) is 40.4 Å². The van der Waals surface area contributed by atoms with Crippen molar-refractivity contribution in [3.8, 4) is 11.3 Å². The standard InChI is InChI=1S/C24H19F2N3O2/c25-20-8-6-18(14-21(20)26)23-15-22(27-31-23)24(30)29-11-9-28(10-12-29)19-7-5-16-3-1-2-4-17(16)13-19/h1-8,13-15H,9-12H2. The van der Waals surface area contributed by atoms with Gasteiger partial charge in [0, 0.05) is 43.5 Å². The van der Waals surface area contributed by atoms with Gasteiger partial charge < -0.3 is 14.3 Å². The van der Waals surface area contributed by atoms with Gasteiger partial charge in [0.2, 0.25) is 0 Å². The summed E-state index contributed by atoms with van der Waals surface area (Å²) in [6.07, 6.45) is 0. The molecule has 156 valence electrons. The number of hydrogen-bond donors (Lipinski definition) is 0. The Labute approximate surface area is 177 Å². The summed E-state index contributed by atoms with van der Waals surface area (Å²) >= 11 is 0. The number of rotatable bonds is 3. The zero-order valence-electron chi connectivity index (χ0n) is 16.6. The Hall–Kier alpha value is -3.74. The molecule has 1 saturated heterocycles. The van der Waals surface area contributed by atoms with E-state index in [1.807, 2.05) is 12.1 Å². The second-order valence-electron chi connectivity index (χ2n) is 7.52. The van der Waals surface area contributed by atoms with Gasteiger partial charge in [0.1, 0.15) is 0 Å². The lowest BCUT2D eigenvalue weighted by atomic mass is 10.1. The quantitative estimate of drug-likeness (QED) is 0.482. The number of benzene rings is 3. The molecule has 3 aromatic carbocycles. The number of piperazine rings is 1. The molecule has 1 amide bonds. The fourth-order valence-corrected chi connectivity index (χ4v) is 3.86. The van der Waals surface area contributed by atoms with Gasteiger partial charge >= 0.3 is 0 Å². The Morgan fingerprint density at radius 3 is 2.39 bits per heavy atom. The van der Waals surface area contributed by atoms with Crippen LogP contribution in [-0.4, -0.2) is 42.1 Å². The number of amides is 1. The zero-order chi connectivity index (χ0) is 21.4. The number of anilines is 1. The van der Waals surface area contributed by atoms with E-state index in [0.29, 0.717) is 31.7 Å². The Balaban J connectivity index is 1.26. The fourth-order valence-electron chi connectivity index (χ4n) is 3.86. The highest BCUT2D eigenvalue weighted by atomic mass is 19.2. The molecule has 1 aromatic heterocycles. The molecule has 0 saturated carbocycles. The molecule has 0 spiro atoms. The van der Waals surface area contributed by atoms with Gasteiger partial charge in [-0.3, -0.25) is 4.79 Å². The average Bonchev–Trinajstić information content (AvgIpc) is 3.30. The van der Waals surface area contributed by atoms with Crippen molar-refractivity contribution in [3.63, 3.8) is 0 Å². The van der Waals surface area contributed by atoms with Crippen LogP contribution in [0.15, 0.2) is 71.3 Å². The van der Waals surface area contributed by atoms with Crippen LogP contribution in [0.4, 0.5) is 14.5 Å². The maximum absolute atomic E-state index is 13.5. The Bertz CT molecular complexity index is 1260. The van der Waals surface area contributed by atoms with Crippen LogP contribution in [0.5, 0.6) is 0 Å². The van der Waals surface area contributed by atoms with E-state index in [-0.39, 0.29) is 17.4 Å². The third-order valence-electron chi connectivity index (χ3n) is 5.60. The Morgan fingerprint density at radius 2 is 1.61 bits per heavy atom. The van der Waals surface area contributed by atoms with Crippen molar-refractivity contribution in [3.05, 3.63) is 84.1 Å². The minimum absolute atomic E-state index is 0.152.